The second kappa shape index (κ2) is 10.3. The zero-order valence-electron chi connectivity index (χ0n) is 17.0. The van der Waals surface area contributed by atoms with Crippen LogP contribution in [0.4, 0.5) is 0 Å². The Morgan fingerprint density at radius 2 is 2.04 bits per heavy atom. The van der Waals surface area contributed by atoms with Gasteiger partial charge in [-0.2, -0.15) is 0 Å². The Bertz CT molecular complexity index is 650. The van der Waals surface area contributed by atoms with E-state index in [0.717, 1.165) is 37.5 Å². The number of benzene rings is 1. The first-order valence-electron chi connectivity index (χ1n) is 9.21. The van der Waals surface area contributed by atoms with Crippen LogP contribution < -0.4 is 16.0 Å². The number of amides is 1. The van der Waals surface area contributed by atoms with Crippen LogP contribution in [0.25, 0.3) is 0 Å². The highest BCUT2D eigenvalue weighted by molar-refractivity contribution is 14.0. The highest BCUT2D eigenvalue weighted by atomic mass is 127. The summed E-state index contributed by atoms with van der Waals surface area (Å²) in [4.78, 5) is 16.6. The smallest absolute Gasteiger partial charge is 0.251 e. The van der Waals surface area contributed by atoms with Crippen LogP contribution >= 0.6 is 24.0 Å². The van der Waals surface area contributed by atoms with E-state index >= 15 is 0 Å². The standard InChI is InChI=1S/C20H32N4O2.HI/c1-19(2,3)24-17(25)16-9-6-8-15(12-16)13-22-18(21-5)23-14-20(4)10-7-11-26-20;/h6,8-9,12H,7,10-11,13-14H2,1-5H3,(H,24,25)(H2,21,22,23);1H. The molecule has 1 aliphatic rings. The van der Waals surface area contributed by atoms with E-state index in [1.807, 2.05) is 45.0 Å². The van der Waals surface area contributed by atoms with Gasteiger partial charge in [-0.25, -0.2) is 0 Å². The fourth-order valence-electron chi connectivity index (χ4n) is 2.89. The molecule has 1 fully saturated rings. The van der Waals surface area contributed by atoms with Crippen molar-refractivity contribution in [1.29, 1.82) is 0 Å². The van der Waals surface area contributed by atoms with Crippen LogP contribution in [0.3, 0.4) is 0 Å². The Kier molecular flexibility index (Phi) is 9.01. The zero-order valence-corrected chi connectivity index (χ0v) is 19.3. The van der Waals surface area contributed by atoms with Crippen molar-refractivity contribution in [2.24, 2.45) is 4.99 Å². The van der Waals surface area contributed by atoms with Crippen LogP contribution in [0.5, 0.6) is 0 Å². The van der Waals surface area contributed by atoms with Gasteiger partial charge in [0, 0.05) is 37.8 Å². The molecule has 1 saturated heterocycles. The largest absolute Gasteiger partial charge is 0.373 e. The summed E-state index contributed by atoms with van der Waals surface area (Å²) in [7, 11) is 1.75. The molecule has 1 heterocycles. The fourth-order valence-corrected chi connectivity index (χ4v) is 2.89. The van der Waals surface area contributed by atoms with Gasteiger partial charge < -0.3 is 20.7 Å². The van der Waals surface area contributed by atoms with Crippen molar-refractivity contribution < 1.29 is 9.53 Å². The molecule has 1 aromatic carbocycles. The minimum atomic E-state index is -0.254. The average Bonchev–Trinajstić information content (AvgIpc) is 3.01. The lowest BCUT2D eigenvalue weighted by Crippen LogP contribution is -2.45. The first kappa shape index (κ1) is 23.7. The van der Waals surface area contributed by atoms with Gasteiger partial charge >= 0.3 is 0 Å². The quantitative estimate of drug-likeness (QED) is 0.339. The third-order valence-electron chi connectivity index (χ3n) is 4.29. The summed E-state index contributed by atoms with van der Waals surface area (Å²) in [5.74, 6) is 0.666. The van der Waals surface area contributed by atoms with Crippen molar-refractivity contribution in [3.8, 4) is 0 Å². The van der Waals surface area contributed by atoms with Gasteiger partial charge in [0.05, 0.1) is 5.60 Å². The molecule has 6 nitrogen and oxygen atoms in total. The molecule has 1 unspecified atom stereocenters. The highest BCUT2D eigenvalue weighted by Crippen LogP contribution is 2.23. The van der Waals surface area contributed by atoms with Crippen molar-refractivity contribution in [3.63, 3.8) is 0 Å². The lowest BCUT2D eigenvalue weighted by atomic mass is 10.0. The molecule has 7 heteroatoms. The number of hydrogen-bond donors (Lipinski definition) is 3. The van der Waals surface area contributed by atoms with Crippen LogP contribution in [-0.4, -0.2) is 43.2 Å². The molecular formula is C20H33IN4O2. The van der Waals surface area contributed by atoms with E-state index in [1.54, 1.807) is 7.05 Å². The van der Waals surface area contributed by atoms with Gasteiger partial charge in [-0.05, 0) is 58.2 Å². The van der Waals surface area contributed by atoms with Crippen LogP contribution in [-0.2, 0) is 11.3 Å². The monoisotopic (exact) mass is 488 g/mol. The molecule has 0 spiro atoms. The van der Waals surface area contributed by atoms with Crippen molar-refractivity contribution in [2.75, 3.05) is 20.2 Å². The summed E-state index contributed by atoms with van der Waals surface area (Å²) in [6, 6.07) is 7.63. The summed E-state index contributed by atoms with van der Waals surface area (Å²) in [6.07, 6.45) is 2.16. The maximum absolute atomic E-state index is 12.3. The Morgan fingerprint density at radius 3 is 2.63 bits per heavy atom. The number of hydrogen-bond acceptors (Lipinski definition) is 3. The van der Waals surface area contributed by atoms with E-state index in [0.29, 0.717) is 12.1 Å². The molecule has 0 saturated carbocycles. The normalized spacial score (nSPS) is 20.0. The third-order valence-corrected chi connectivity index (χ3v) is 4.29. The number of nitrogens with zero attached hydrogens (tertiary/aromatic N) is 1. The SMILES string of the molecule is CN=C(NCc1cccc(C(=O)NC(C)(C)C)c1)NCC1(C)CCCO1.I. The van der Waals surface area contributed by atoms with Gasteiger partial charge in [0.25, 0.3) is 5.91 Å². The van der Waals surface area contributed by atoms with Gasteiger partial charge in [0.2, 0.25) is 0 Å². The molecule has 0 radical (unpaired) electrons. The Hall–Kier alpha value is -1.35. The molecule has 27 heavy (non-hydrogen) atoms. The van der Waals surface area contributed by atoms with Crippen molar-refractivity contribution >= 4 is 35.8 Å². The van der Waals surface area contributed by atoms with Gasteiger partial charge in [-0.15, -0.1) is 24.0 Å². The molecule has 0 aliphatic carbocycles. The van der Waals surface area contributed by atoms with E-state index < -0.39 is 0 Å². The average molecular weight is 488 g/mol. The fraction of sp³-hybridized carbons (Fsp3) is 0.600. The van der Waals surface area contributed by atoms with Crippen LogP contribution in [0, 0.1) is 0 Å². The predicted octanol–water partition coefficient (Wildman–Crippen LogP) is 3.07. The minimum Gasteiger partial charge on any atom is -0.373 e. The molecule has 0 bridgehead atoms. The van der Waals surface area contributed by atoms with E-state index in [2.05, 4.69) is 27.9 Å². The lowest BCUT2D eigenvalue weighted by molar-refractivity contribution is 0.0243. The number of guanidine groups is 1. The second-order valence-corrected chi connectivity index (χ2v) is 8.09. The van der Waals surface area contributed by atoms with Gasteiger partial charge in [0.15, 0.2) is 5.96 Å². The highest BCUT2D eigenvalue weighted by Gasteiger charge is 2.29. The Labute approximate surface area is 179 Å². The summed E-state index contributed by atoms with van der Waals surface area (Å²) in [5.41, 5.74) is 1.31. The molecule has 1 amide bonds. The zero-order chi connectivity index (χ0) is 19.2. The number of nitrogens with one attached hydrogen (secondary N) is 3. The van der Waals surface area contributed by atoms with E-state index in [4.69, 9.17) is 4.74 Å². The summed E-state index contributed by atoms with van der Waals surface area (Å²) in [6.45, 7) is 10.2. The lowest BCUT2D eigenvalue weighted by Gasteiger charge is -2.24. The summed E-state index contributed by atoms with van der Waals surface area (Å²) in [5, 5.41) is 9.60. The summed E-state index contributed by atoms with van der Waals surface area (Å²) < 4.78 is 5.79. The Balaban J connectivity index is 0.00000364. The van der Waals surface area contributed by atoms with E-state index in [9.17, 15) is 4.79 Å². The number of ether oxygens (including phenoxy) is 1. The van der Waals surface area contributed by atoms with Crippen LogP contribution in [0.15, 0.2) is 29.3 Å². The predicted molar refractivity (Wildman–Crippen MR) is 121 cm³/mol. The number of halogens is 1. The van der Waals surface area contributed by atoms with Crippen LogP contribution in [0.2, 0.25) is 0 Å². The number of carbonyl (C=O) groups is 1. The first-order valence-corrected chi connectivity index (χ1v) is 9.21. The van der Waals surface area contributed by atoms with Gasteiger partial charge in [0.1, 0.15) is 0 Å². The minimum absolute atomic E-state index is 0. The molecule has 3 N–H and O–H groups in total. The Morgan fingerprint density at radius 1 is 1.30 bits per heavy atom. The second-order valence-electron chi connectivity index (χ2n) is 8.09. The van der Waals surface area contributed by atoms with Crippen molar-refractivity contribution in [2.45, 2.75) is 58.2 Å². The van der Waals surface area contributed by atoms with Crippen LogP contribution in [0.1, 0.15) is 56.5 Å². The number of aliphatic imine (C=N–C) groups is 1. The molecule has 1 aliphatic heterocycles. The summed E-state index contributed by atoms with van der Waals surface area (Å²) >= 11 is 0. The molecular weight excluding hydrogens is 455 g/mol. The van der Waals surface area contributed by atoms with Gasteiger partial charge in [-0.1, -0.05) is 12.1 Å². The molecule has 2 rings (SSSR count). The third kappa shape index (κ3) is 8.04. The van der Waals surface area contributed by atoms with Crippen molar-refractivity contribution in [1.82, 2.24) is 16.0 Å². The molecule has 0 aromatic heterocycles. The maximum atomic E-state index is 12.3. The number of rotatable bonds is 5. The molecule has 152 valence electrons. The maximum Gasteiger partial charge on any atom is 0.251 e. The molecule has 1 aromatic rings. The first-order chi connectivity index (χ1) is 12.2. The topological polar surface area (TPSA) is 74.8 Å². The van der Waals surface area contributed by atoms with E-state index in [1.165, 1.54) is 0 Å². The molecule has 1 atom stereocenters. The van der Waals surface area contributed by atoms with Gasteiger partial charge in [-0.3, -0.25) is 9.79 Å². The number of carbonyl (C=O) groups excluding carboxylic acids is 1. The van der Waals surface area contributed by atoms with Crippen molar-refractivity contribution in [3.05, 3.63) is 35.4 Å². The van der Waals surface area contributed by atoms with E-state index in [-0.39, 0.29) is 41.0 Å².